The Morgan fingerprint density at radius 3 is 2.85 bits per heavy atom. The SMILES string of the molecule is CCN1CCC(Cc2cn3ccc(OC)cc3n2)CC1. The summed E-state index contributed by atoms with van der Waals surface area (Å²) in [6.45, 7) is 5.90. The van der Waals surface area contributed by atoms with Gasteiger partial charge in [0.05, 0.1) is 12.8 Å². The summed E-state index contributed by atoms with van der Waals surface area (Å²) in [6, 6.07) is 3.96. The third-order valence-corrected chi connectivity index (χ3v) is 4.37. The second-order valence-electron chi connectivity index (χ2n) is 5.65. The average Bonchev–Trinajstić information content (AvgIpc) is 2.89. The molecule has 4 nitrogen and oxygen atoms in total. The fourth-order valence-corrected chi connectivity index (χ4v) is 3.04. The van der Waals surface area contributed by atoms with Gasteiger partial charge in [0, 0.05) is 18.5 Å². The highest BCUT2D eigenvalue weighted by Crippen LogP contribution is 2.22. The minimum Gasteiger partial charge on any atom is -0.497 e. The van der Waals surface area contributed by atoms with Crippen LogP contribution in [0.5, 0.6) is 5.75 Å². The van der Waals surface area contributed by atoms with Gasteiger partial charge in [-0.3, -0.25) is 0 Å². The molecule has 1 saturated heterocycles. The quantitative estimate of drug-likeness (QED) is 0.857. The highest BCUT2D eigenvalue weighted by atomic mass is 16.5. The number of likely N-dealkylation sites (tertiary alicyclic amines) is 1. The number of aromatic nitrogens is 2. The fraction of sp³-hybridized carbons (Fsp3) is 0.562. The van der Waals surface area contributed by atoms with Crippen molar-refractivity contribution in [1.82, 2.24) is 14.3 Å². The summed E-state index contributed by atoms with van der Waals surface area (Å²) in [7, 11) is 1.69. The van der Waals surface area contributed by atoms with Crippen LogP contribution in [0.25, 0.3) is 5.65 Å². The number of rotatable bonds is 4. The average molecular weight is 273 g/mol. The molecule has 0 bridgehead atoms. The van der Waals surface area contributed by atoms with Crippen LogP contribution in [0, 0.1) is 5.92 Å². The van der Waals surface area contributed by atoms with Gasteiger partial charge in [0.2, 0.25) is 0 Å². The summed E-state index contributed by atoms with van der Waals surface area (Å²) < 4.78 is 7.33. The molecule has 3 rings (SSSR count). The van der Waals surface area contributed by atoms with Crippen molar-refractivity contribution in [2.75, 3.05) is 26.7 Å². The number of piperidine rings is 1. The van der Waals surface area contributed by atoms with Crippen molar-refractivity contribution in [2.45, 2.75) is 26.2 Å². The minimum atomic E-state index is 0.782. The lowest BCUT2D eigenvalue weighted by atomic mass is 9.92. The first-order valence-electron chi connectivity index (χ1n) is 7.52. The molecule has 108 valence electrons. The Balaban J connectivity index is 1.68. The number of methoxy groups -OCH3 is 1. The van der Waals surface area contributed by atoms with Crippen LogP contribution in [-0.2, 0) is 6.42 Å². The third-order valence-electron chi connectivity index (χ3n) is 4.37. The predicted molar refractivity (Wildman–Crippen MR) is 80.3 cm³/mol. The van der Waals surface area contributed by atoms with Crippen molar-refractivity contribution in [3.05, 3.63) is 30.2 Å². The number of hydrogen-bond acceptors (Lipinski definition) is 3. The van der Waals surface area contributed by atoms with E-state index in [2.05, 4.69) is 22.4 Å². The first kappa shape index (κ1) is 13.4. The van der Waals surface area contributed by atoms with Gasteiger partial charge in [0.25, 0.3) is 0 Å². The second kappa shape index (κ2) is 5.83. The molecule has 0 aromatic carbocycles. The zero-order valence-corrected chi connectivity index (χ0v) is 12.4. The van der Waals surface area contributed by atoms with Crippen molar-refractivity contribution in [3.63, 3.8) is 0 Å². The van der Waals surface area contributed by atoms with Crippen molar-refractivity contribution in [3.8, 4) is 5.75 Å². The van der Waals surface area contributed by atoms with Crippen LogP contribution >= 0.6 is 0 Å². The number of pyridine rings is 1. The van der Waals surface area contributed by atoms with Crippen LogP contribution in [0.4, 0.5) is 0 Å². The van der Waals surface area contributed by atoms with Gasteiger partial charge in [0.1, 0.15) is 11.4 Å². The van der Waals surface area contributed by atoms with Crippen LogP contribution in [0.3, 0.4) is 0 Å². The molecule has 0 N–H and O–H groups in total. The molecule has 0 spiro atoms. The van der Waals surface area contributed by atoms with E-state index in [4.69, 9.17) is 9.72 Å². The Morgan fingerprint density at radius 1 is 1.35 bits per heavy atom. The normalized spacial score (nSPS) is 17.7. The maximum atomic E-state index is 5.25. The summed E-state index contributed by atoms with van der Waals surface area (Å²) in [4.78, 5) is 7.26. The van der Waals surface area contributed by atoms with Gasteiger partial charge in [-0.2, -0.15) is 0 Å². The largest absolute Gasteiger partial charge is 0.497 e. The monoisotopic (exact) mass is 273 g/mol. The number of hydrogen-bond donors (Lipinski definition) is 0. The summed E-state index contributed by atoms with van der Waals surface area (Å²) in [5.41, 5.74) is 2.18. The first-order chi connectivity index (χ1) is 9.78. The lowest BCUT2D eigenvalue weighted by Gasteiger charge is -2.30. The lowest BCUT2D eigenvalue weighted by Crippen LogP contribution is -2.34. The molecule has 0 unspecified atom stereocenters. The van der Waals surface area contributed by atoms with E-state index in [1.165, 1.54) is 38.2 Å². The molecule has 0 saturated carbocycles. The van der Waals surface area contributed by atoms with Gasteiger partial charge in [0.15, 0.2) is 0 Å². The molecule has 0 radical (unpaired) electrons. The predicted octanol–water partition coefficient (Wildman–Crippen LogP) is 2.62. The van der Waals surface area contributed by atoms with Crippen LogP contribution in [0.1, 0.15) is 25.5 Å². The Bertz CT molecular complexity index is 570. The second-order valence-corrected chi connectivity index (χ2v) is 5.65. The molecular formula is C16H23N3O. The summed E-state index contributed by atoms with van der Waals surface area (Å²) in [5, 5.41) is 0. The van der Waals surface area contributed by atoms with Crippen LogP contribution in [-0.4, -0.2) is 41.0 Å². The van der Waals surface area contributed by atoms with E-state index in [1.807, 2.05) is 18.3 Å². The van der Waals surface area contributed by atoms with Crippen molar-refractivity contribution in [1.29, 1.82) is 0 Å². The van der Waals surface area contributed by atoms with Gasteiger partial charge in [-0.25, -0.2) is 4.98 Å². The summed E-state index contributed by atoms with van der Waals surface area (Å²) in [5.74, 6) is 1.65. The number of fused-ring (bicyclic) bond motifs is 1. The van der Waals surface area contributed by atoms with Gasteiger partial charge >= 0.3 is 0 Å². The van der Waals surface area contributed by atoms with E-state index < -0.39 is 0 Å². The van der Waals surface area contributed by atoms with Crippen LogP contribution < -0.4 is 4.74 Å². The number of nitrogens with zero attached hydrogens (tertiary/aromatic N) is 3. The molecule has 2 aromatic heterocycles. The number of ether oxygens (including phenoxy) is 1. The molecule has 1 aliphatic rings. The van der Waals surface area contributed by atoms with E-state index in [1.54, 1.807) is 7.11 Å². The Labute approximate surface area is 120 Å². The smallest absolute Gasteiger partial charge is 0.140 e. The molecule has 0 amide bonds. The maximum absolute atomic E-state index is 5.25. The van der Waals surface area contributed by atoms with Crippen molar-refractivity contribution < 1.29 is 4.74 Å². The van der Waals surface area contributed by atoms with E-state index >= 15 is 0 Å². The molecule has 0 atom stereocenters. The molecule has 4 heteroatoms. The highest BCUT2D eigenvalue weighted by Gasteiger charge is 2.19. The fourth-order valence-electron chi connectivity index (χ4n) is 3.04. The summed E-state index contributed by atoms with van der Waals surface area (Å²) in [6.07, 6.45) is 7.86. The zero-order chi connectivity index (χ0) is 13.9. The number of imidazole rings is 1. The van der Waals surface area contributed by atoms with Gasteiger partial charge in [-0.1, -0.05) is 6.92 Å². The summed E-state index contributed by atoms with van der Waals surface area (Å²) >= 11 is 0. The third kappa shape index (κ3) is 2.80. The van der Waals surface area contributed by atoms with Crippen molar-refractivity contribution >= 4 is 5.65 Å². The van der Waals surface area contributed by atoms with Crippen LogP contribution in [0.15, 0.2) is 24.5 Å². The van der Waals surface area contributed by atoms with E-state index in [9.17, 15) is 0 Å². The first-order valence-corrected chi connectivity index (χ1v) is 7.52. The van der Waals surface area contributed by atoms with E-state index in [0.29, 0.717) is 0 Å². The Morgan fingerprint density at radius 2 is 2.15 bits per heavy atom. The maximum Gasteiger partial charge on any atom is 0.140 e. The molecule has 0 aliphatic carbocycles. The lowest BCUT2D eigenvalue weighted by molar-refractivity contribution is 0.191. The standard InChI is InChI=1S/C16H23N3O/c1-3-18-7-4-13(5-8-18)10-14-12-19-9-6-15(20-2)11-16(19)17-14/h6,9,11-13H,3-5,7-8,10H2,1-2H3. The molecule has 1 aliphatic heterocycles. The van der Waals surface area contributed by atoms with Crippen LogP contribution in [0.2, 0.25) is 0 Å². The Hall–Kier alpha value is -1.55. The van der Waals surface area contributed by atoms with Crippen molar-refractivity contribution in [2.24, 2.45) is 5.92 Å². The van der Waals surface area contributed by atoms with Gasteiger partial charge in [-0.15, -0.1) is 0 Å². The van der Waals surface area contributed by atoms with E-state index in [-0.39, 0.29) is 0 Å². The molecular weight excluding hydrogens is 250 g/mol. The van der Waals surface area contributed by atoms with Gasteiger partial charge < -0.3 is 14.0 Å². The van der Waals surface area contributed by atoms with Gasteiger partial charge in [-0.05, 0) is 50.9 Å². The topological polar surface area (TPSA) is 29.8 Å². The minimum absolute atomic E-state index is 0.782. The molecule has 2 aromatic rings. The molecule has 3 heterocycles. The molecule has 1 fully saturated rings. The highest BCUT2D eigenvalue weighted by molar-refractivity contribution is 5.45. The molecule has 20 heavy (non-hydrogen) atoms. The zero-order valence-electron chi connectivity index (χ0n) is 12.4. The van der Waals surface area contributed by atoms with E-state index in [0.717, 1.165) is 23.7 Å². The Kier molecular flexibility index (Phi) is 3.92.